The van der Waals surface area contributed by atoms with Crippen molar-refractivity contribution in [3.05, 3.63) is 59.7 Å². The fourth-order valence-electron chi connectivity index (χ4n) is 2.71. The lowest BCUT2D eigenvalue weighted by molar-refractivity contribution is -0.125. The minimum absolute atomic E-state index is 0.0387. The van der Waals surface area contributed by atoms with E-state index in [9.17, 15) is 19.2 Å². The third-order valence-electron chi connectivity index (χ3n) is 4.13. The highest BCUT2D eigenvalue weighted by molar-refractivity contribution is 6.02. The molecule has 1 aliphatic heterocycles. The molecule has 9 nitrogen and oxygen atoms in total. The highest BCUT2D eigenvalue weighted by Gasteiger charge is 2.28. The summed E-state index contributed by atoms with van der Waals surface area (Å²) in [5.74, 6) is -0.939. The number of anilines is 1. The summed E-state index contributed by atoms with van der Waals surface area (Å²) in [7, 11) is 1.52. The molecule has 1 aliphatic rings. The van der Waals surface area contributed by atoms with E-state index in [2.05, 4.69) is 10.6 Å². The van der Waals surface area contributed by atoms with Crippen molar-refractivity contribution in [1.29, 1.82) is 0 Å². The van der Waals surface area contributed by atoms with Crippen molar-refractivity contribution in [2.75, 3.05) is 25.6 Å². The first-order valence-electron chi connectivity index (χ1n) is 8.74. The van der Waals surface area contributed by atoms with E-state index in [1.54, 1.807) is 36.4 Å². The predicted molar refractivity (Wildman–Crippen MR) is 102 cm³/mol. The van der Waals surface area contributed by atoms with Gasteiger partial charge >= 0.3 is 12.0 Å². The second-order valence-electron chi connectivity index (χ2n) is 6.20. The van der Waals surface area contributed by atoms with Crippen molar-refractivity contribution in [3.63, 3.8) is 0 Å². The van der Waals surface area contributed by atoms with E-state index in [0.29, 0.717) is 17.0 Å². The molecule has 0 spiro atoms. The van der Waals surface area contributed by atoms with Crippen molar-refractivity contribution in [2.24, 2.45) is 0 Å². The lowest BCUT2D eigenvalue weighted by Gasteiger charge is -2.13. The van der Waals surface area contributed by atoms with E-state index in [1.165, 1.54) is 19.2 Å². The number of carbonyl (C=O) groups excluding carboxylic acids is 4. The van der Waals surface area contributed by atoms with Gasteiger partial charge in [0.05, 0.1) is 25.8 Å². The number of urea groups is 1. The SMILES string of the molecule is COc1cccc(NC(=O)COC(=O)c2cccc(CN3C(=O)CNC3=O)c2)c1. The van der Waals surface area contributed by atoms with Gasteiger partial charge in [-0.15, -0.1) is 0 Å². The Morgan fingerprint density at radius 1 is 1.14 bits per heavy atom. The molecule has 0 saturated carbocycles. The van der Waals surface area contributed by atoms with Crippen LogP contribution in [0.3, 0.4) is 0 Å². The van der Waals surface area contributed by atoms with Gasteiger partial charge in [-0.05, 0) is 29.8 Å². The van der Waals surface area contributed by atoms with Crippen LogP contribution < -0.4 is 15.4 Å². The number of amides is 4. The Morgan fingerprint density at radius 3 is 2.66 bits per heavy atom. The van der Waals surface area contributed by atoms with Crippen LogP contribution in [-0.4, -0.2) is 49.0 Å². The van der Waals surface area contributed by atoms with Crippen LogP contribution in [0.5, 0.6) is 5.75 Å². The van der Waals surface area contributed by atoms with Gasteiger partial charge in [-0.2, -0.15) is 0 Å². The Balaban J connectivity index is 1.55. The molecule has 0 aliphatic carbocycles. The predicted octanol–water partition coefficient (Wildman–Crippen LogP) is 1.54. The van der Waals surface area contributed by atoms with E-state index in [0.717, 1.165) is 4.90 Å². The van der Waals surface area contributed by atoms with Crippen molar-refractivity contribution in [2.45, 2.75) is 6.54 Å². The van der Waals surface area contributed by atoms with Gasteiger partial charge < -0.3 is 20.1 Å². The van der Waals surface area contributed by atoms with Crippen LogP contribution in [-0.2, 0) is 20.9 Å². The fraction of sp³-hybridized carbons (Fsp3) is 0.200. The molecule has 2 N–H and O–H groups in total. The zero-order valence-corrected chi connectivity index (χ0v) is 15.6. The molecule has 150 valence electrons. The molecule has 1 fully saturated rings. The highest BCUT2D eigenvalue weighted by Crippen LogP contribution is 2.16. The minimum atomic E-state index is -0.690. The number of nitrogens with one attached hydrogen (secondary N) is 2. The van der Waals surface area contributed by atoms with Crippen molar-refractivity contribution in [1.82, 2.24) is 10.2 Å². The Labute approximate surface area is 166 Å². The fourth-order valence-corrected chi connectivity index (χ4v) is 2.71. The number of esters is 1. The maximum Gasteiger partial charge on any atom is 0.338 e. The average Bonchev–Trinajstić information content (AvgIpc) is 3.04. The van der Waals surface area contributed by atoms with E-state index in [1.807, 2.05) is 0 Å². The van der Waals surface area contributed by atoms with E-state index in [4.69, 9.17) is 9.47 Å². The number of hydrogen-bond donors (Lipinski definition) is 2. The van der Waals surface area contributed by atoms with Gasteiger partial charge in [-0.25, -0.2) is 9.59 Å². The van der Waals surface area contributed by atoms with Crippen LogP contribution in [0.4, 0.5) is 10.5 Å². The van der Waals surface area contributed by atoms with E-state index < -0.39 is 24.5 Å². The molecule has 9 heteroatoms. The molecule has 3 rings (SSSR count). The molecule has 1 heterocycles. The van der Waals surface area contributed by atoms with Crippen molar-refractivity contribution < 1.29 is 28.7 Å². The molecule has 0 radical (unpaired) electrons. The lowest BCUT2D eigenvalue weighted by Crippen LogP contribution is -2.30. The molecule has 2 aromatic carbocycles. The van der Waals surface area contributed by atoms with Gasteiger partial charge in [0.15, 0.2) is 6.61 Å². The van der Waals surface area contributed by atoms with E-state index >= 15 is 0 Å². The molecule has 29 heavy (non-hydrogen) atoms. The largest absolute Gasteiger partial charge is 0.497 e. The molecule has 1 saturated heterocycles. The van der Waals surface area contributed by atoms with Gasteiger partial charge in [-0.3, -0.25) is 14.5 Å². The molecule has 2 aromatic rings. The number of methoxy groups -OCH3 is 1. The number of nitrogens with zero attached hydrogens (tertiary/aromatic N) is 1. The van der Waals surface area contributed by atoms with Crippen LogP contribution in [0.1, 0.15) is 15.9 Å². The second kappa shape index (κ2) is 8.87. The summed E-state index contributed by atoms with van der Waals surface area (Å²) in [6.45, 7) is -0.460. The Hall–Kier alpha value is -3.88. The molecule has 0 unspecified atom stereocenters. The first-order chi connectivity index (χ1) is 14.0. The molecular formula is C20H19N3O6. The molecular weight excluding hydrogens is 378 g/mol. The Bertz CT molecular complexity index is 943. The molecule has 0 atom stereocenters. The minimum Gasteiger partial charge on any atom is -0.497 e. The lowest BCUT2D eigenvalue weighted by atomic mass is 10.1. The number of ether oxygens (including phenoxy) is 2. The van der Waals surface area contributed by atoms with Crippen LogP contribution >= 0.6 is 0 Å². The number of benzene rings is 2. The Morgan fingerprint density at radius 2 is 1.93 bits per heavy atom. The van der Waals surface area contributed by atoms with Crippen molar-refractivity contribution in [3.8, 4) is 5.75 Å². The zero-order chi connectivity index (χ0) is 20.8. The summed E-state index contributed by atoms with van der Waals surface area (Å²) in [6.07, 6.45) is 0. The molecule has 0 aromatic heterocycles. The van der Waals surface area contributed by atoms with Gasteiger partial charge in [0.25, 0.3) is 5.91 Å². The van der Waals surface area contributed by atoms with Gasteiger partial charge in [0.1, 0.15) is 5.75 Å². The van der Waals surface area contributed by atoms with Gasteiger partial charge in [-0.1, -0.05) is 18.2 Å². The summed E-state index contributed by atoms with van der Waals surface area (Å²) < 4.78 is 10.1. The second-order valence-corrected chi connectivity index (χ2v) is 6.20. The van der Waals surface area contributed by atoms with Crippen LogP contribution in [0.25, 0.3) is 0 Å². The van der Waals surface area contributed by atoms with E-state index in [-0.39, 0.29) is 24.6 Å². The van der Waals surface area contributed by atoms with Crippen LogP contribution in [0.2, 0.25) is 0 Å². The highest BCUT2D eigenvalue weighted by atomic mass is 16.5. The maximum absolute atomic E-state index is 12.2. The van der Waals surface area contributed by atoms with Crippen LogP contribution in [0.15, 0.2) is 48.5 Å². The summed E-state index contributed by atoms with van der Waals surface area (Å²) in [5, 5.41) is 5.04. The molecule has 0 bridgehead atoms. The first kappa shape index (κ1) is 19.9. The monoisotopic (exact) mass is 397 g/mol. The smallest absolute Gasteiger partial charge is 0.338 e. The Kier molecular flexibility index (Phi) is 6.08. The zero-order valence-electron chi connectivity index (χ0n) is 15.6. The number of imide groups is 1. The molecule has 4 amide bonds. The third kappa shape index (κ3) is 5.10. The summed E-state index contributed by atoms with van der Waals surface area (Å²) in [6, 6.07) is 12.6. The first-order valence-corrected chi connectivity index (χ1v) is 8.74. The number of carbonyl (C=O) groups is 4. The summed E-state index contributed by atoms with van der Waals surface area (Å²) >= 11 is 0. The topological polar surface area (TPSA) is 114 Å². The standard InChI is InChI=1S/C20H19N3O6/c1-28-16-7-3-6-15(9-16)22-17(24)12-29-19(26)14-5-2-4-13(8-14)11-23-18(25)10-21-20(23)27/h2-9H,10-12H2,1H3,(H,21,27)(H,22,24). The summed E-state index contributed by atoms with van der Waals surface area (Å²) in [4.78, 5) is 48.6. The van der Waals surface area contributed by atoms with Crippen LogP contribution in [0, 0.1) is 0 Å². The van der Waals surface area contributed by atoms with Gasteiger partial charge in [0.2, 0.25) is 5.91 Å². The average molecular weight is 397 g/mol. The quantitative estimate of drug-likeness (QED) is 0.541. The number of rotatable bonds is 7. The number of hydrogen-bond acceptors (Lipinski definition) is 6. The maximum atomic E-state index is 12.2. The van der Waals surface area contributed by atoms with Gasteiger partial charge in [0, 0.05) is 11.8 Å². The van der Waals surface area contributed by atoms with Crippen molar-refractivity contribution >= 4 is 29.5 Å². The third-order valence-corrected chi connectivity index (χ3v) is 4.13. The normalized spacial score (nSPS) is 13.1. The summed E-state index contributed by atoms with van der Waals surface area (Å²) in [5.41, 5.74) is 1.32.